The number of phenolic OH excluding ortho intramolecular Hbond substituents is 1. The van der Waals surface area contributed by atoms with Gasteiger partial charge in [0.1, 0.15) is 17.7 Å². The number of nitrogens with one attached hydrogen (secondary N) is 1. The van der Waals surface area contributed by atoms with Crippen LogP contribution < -0.4 is 15.8 Å². The Morgan fingerprint density at radius 3 is 3.04 bits per heavy atom. The molecule has 0 spiro atoms. The summed E-state index contributed by atoms with van der Waals surface area (Å²) < 4.78 is 12.7. The number of rotatable bonds is 4. The normalized spacial score (nSPS) is 17.1. The summed E-state index contributed by atoms with van der Waals surface area (Å²) in [6.45, 7) is 0.716. The van der Waals surface area contributed by atoms with Crippen molar-refractivity contribution >= 4 is 28.6 Å². The third kappa shape index (κ3) is 2.78. The third-order valence-electron chi connectivity index (χ3n) is 4.11. The highest BCUT2D eigenvalue weighted by Crippen LogP contribution is 2.33. The number of imidazole rings is 1. The Hall–Kier alpha value is -3.07. The van der Waals surface area contributed by atoms with Crippen LogP contribution in [-0.4, -0.2) is 38.3 Å². The molecule has 130 valence electrons. The summed E-state index contributed by atoms with van der Waals surface area (Å²) in [6, 6.07) is 4.86. The van der Waals surface area contributed by atoms with Crippen molar-refractivity contribution in [2.45, 2.75) is 19.1 Å². The molecule has 1 fully saturated rings. The van der Waals surface area contributed by atoms with Gasteiger partial charge >= 0.3 is 0 Å². The molecular formula is C16H18N6O3. The van der Waals surface area contributed by atoms with E-state index < -0.39 is 0 Å². The van der Waals surface area contributed by atoms with E-state index in [9.17, 15) is 5.11 Å². The molecule has 0 saturated carbocycles. The maximum atomic E-state index is 10.1. The van der Waals surface area contributed by atoms with Gasteiger partial charge in [0, 0.05) is 12.7 Å². The standard InChI is InChI=1S/C16H18N6O3/c1-24-9-4-5-11(23)10(7-9)19-14-13-15(21-16(17)20-14)22(8-18-13)12-3-2-6-25-12/h4-5,7-8,12,23H,2-3,6H2,1H3,(H3,17,19,20,21). The zero-order valence-corrected chi connectivity index (χ0v) is 13.6. The van der Waals surface area contributed by atoms with Crippen LogP contribution >= 0.6 is 0 Å². The summed E-state index contributed by atoms with van der Waals surface area (Å²) in [6.07, 6.45) is 3.46. The molecule has 4 rings (SSSR count). The zero-order chi connectivity index (χ0) is 17.4. The maximum absolute atomic E-state index is 10.1. The van der Waals surface area contributed by atoms with Crippen LogP contribution in [0, 0.1) is 0 Å². The van der Waals surface area contributed by atoms with E-state index in [1.807, 2.05) is 4.57 Å². The molecule has 1 aliphatic rings. The van der Waals surface area contributed by atoms with E-state index in [1.54, 1.807) is 25.6 Å². The molecule has 3 heterocycles. The smallest absolute Gasteiger partial charge is 0.224 e. The highest BCUT2D eigenvalue weighted by Gasteiger charge is 2.22. The first-order valence-corrected chi connectivity index (χ1v) is 7.91. The van der Waals surface area contributed by atoms with E-state index in [-0.39, 0.29) is 17.9 Å². The molecule has 9 heteroatoms. The van der Waals surface area contributed by atoms with Crippen molar-refractivity contribution in [3.05, 3.63) is 24.5 Å². The molecule has 1 aromatic carbocycles. The first-order chi connectivity index (χ1) is 12.2. The Balaban J connectivity index is 1.77. The molecule has 9 nitrogen and oxygen atoms in total. The van der Waals surface area contributed by atoms with Crippen LogP contribution in [0.1, 0.15) is 19.1 Å². The summed E-state index contributed by atoms with van der Waals surface area (Å²) >= 11 is 0. The summed E-state index contributed by atoms with van der Waals surface area (Å²) in [4.78, 5) is 12.9. The fraction of sp³-hybridized carbons (Fsp3) is 0.312. The van der Waals surface area contributed by atoms with Crippen molar-refractivity contribution in [3.63, 3.8) is 0 Å². The lowest BCUT2D eigenvalue weighted by molar-refractivity contribution is 0.0593. The number of nitrogen functional groups attached to an aromatic ring is 1. The minimum absolute atomic E-state index is 0.0599. The van der Waals surface area contributed by atoms with Gasteiger partial charge in [-0.25, -0.2) is 4.98 Å². The lowest BCUT2D eigenvalue weighted by atomic mass is 10.2. The number of aromatic nitrogens is 4. The highest BCUT2D eigenvalue weighted by molar-refractivity contribution is 5.87. The number of ether oxygens (including phenoxy) is 2. The predicted octanol–water partition coefficient (Wildman–Crippen LogP) is 2.18. The molecule has 1 unspecified atom stereocenters. The van der Waals surface area contributed by atoms with Crippen LogP contribution in [0.2, 0.25) is 0 Å². The Bertz CT molecular complexity index is 920. The number of nitrogens with two attached hydrogens (primary N) is 1. The predicted molar refractivity (Wildman–Crippen MR) is 91.9 cm³/mol. The molecule has 25 heavy (non-hydrogen) atoms. The number of phenols is 1. The van der Waals surface area contributed by atoms with Crippen molar-refractivity contribution in [1.29, 1.82) is 0 Å². The summed E-state index contributed by atoms with van der Waals surface area (Å²) in [5.41, 5.74) is 7.44. The first kappa shape index (κ1) is 15.5. The van der Waals surface area contributed by atoms with E-state index >= 15 is 0 Å². The van der Waals surface area contributed by atoms with Crippen LogP contribution in [0.15, 0.2) is 24.5 Å². The van der Waals surface area contributed by atoms with Crippen LogP contribution in [0.5, 0.6) is 11.5 Å². The topological polar surface area (TPSA) is 120 Å². The van der Waals surface area contributed by atoms with Crippen molar-refractivity contribution < 1.29 is 14.6 Å². The van der Waals surface area contributed by atoms with Crippen LogP contribution in [0.3, 0.4) is 0 Å². The maximum Gasteiger partial charge on any atom is 0.224 e. The Morgan fingerprint density at radius 2 is 2.28 bits per heavy atom. The van der Waals surface area contributed by atoms with Gasteiger partial charge < -0.3 is 25.6 Å². The summed E-state index contributed by atoms with van der Waals surface area (Å²) in [5, 5.41) is 13.1. The number of aromatic hydroxyl groups is 1. The molecule has 0 aliphatic carbocycles. The molecular weight excluding hydrogens is 324 g/mol. The summed E-state index contributed by atoms with van der Waals surface area (Å²) in [5.74, 6) is 1.17. The number of hydrogen-bond acceptors (Lipinski definition) is 8. The molecule has 1 atom stereocenters. The van der Waals surface area contributed by atoms with E-state index in [2.05, 4.69) is 20.3 Å². The van der Waals surface area contributed by atoms with E-state index in [1.165, 1.54) is 6.07 Å². The average molecular weight is 342 g/mol. The van der Waals surface area contributed by atoms with Gasteiger partial charge in [-0.15, -0.1) is 0 Å². The van der Waals surface area contributed by atoms with Crippen LogP contribution in [-0.2, 0) is 4.74 Å². The van der Waals surface area contributed by atoms with E-state index in [0.29, 0.717) is 35.0 Å². The van der Waals surface area contributed by atoms with E-state index in [4.69, 9.17) is 15.2 Å². The number of methoxy groups -OCH3 is 1. The third-order valence-corrected chi connectivity index (χ3v) is 4.11. The second-order valence-electron chi connectivity index (χ2n) is 5.73. The minimum Gasteiger partial charge on any atom is -0.506 e. The quantitative estimate of drug-likeness (QED) is 0.617. The van der Waals surface area contributed by atoms with Gasteiger partial charge in [-0.05, 0) is 25.0 Å². The second-order valence-corrected chi connectivity index (χ2v) is 5.73. The van der Waals surface area contributed by atoms with Gasteiger partial charge in [0.15, 0.2) is 17.0 Å². The van der Waals surface area contributed by atoms with Crippen molar-refractivity contribution in [1.82, 2.24) is 19.5 Å². The van der Waals surface area contributed by atoms with Gasteiger partial charge in [0.2, 0.25) is 5.95 Å². The first-order valence-electron chi connectivity index (χ1n) is 7.91. The number of benzene rings is 1. The van der Waals surface area contributed by atoms with Gasteiger partial charge in [-0.1, -0.05) is 0 Å². The lowest BCUT2D eigenvalue weighted by Gasteiger charge is -2.13. The monoisotopic (exact) mass is 342 g/mol. The van der Waals surface area contributed by atoms with Crippen LogP contribution in [0.4, 0.5) is 17.5 Å². The molecule has 3 aromatic rings. The van der Waals surface area contributed by atoms with Gasteiger partial charge in [0.25, 0.3) is 0 Å². The molecule has 4 N–H and O–H groups in total. The lowest BCUT2D eigenvalue weighted by Crippen LogP contribution is -2.08. The average Bonchev–Trinajstić information content (AvgIpc) is 3.25. The number of anilines is 3. The Kier molecular flexibility index (Phi) is 3.77. The minimum atomic E-state index is -0.0997. The Labute approximate surface area is 143 Å². The van der Waals surface area contributed by atoms with Gasteiger partial charge in [0.05, 0.1) is 19.1 Å². The molecule has 1 aliphatic heterocycles. The second kappa shape index (κ2) is 6.10. The molecule has 0 radical (unpaired) electrons. The largest absolute Gasteiger partial charge is 0.506 e. The van der Waals surface area contributed by atoms with Gasteiger partial charge in [-0.3, -0.25) is 4.57 Å². The van der Waals surface area contributed by atoms with Crippen molar-refractivity contribution in [3.8, 4) is 11.5 Å². The molecule has 0 bridgehead atoms. The molecule has 0 amide bonds. The van der Waals surface area contributed by atoms with Crippen molar-refractivity contribution in [2.75, 3.05) is 24.8 Å². The number of fused-ring (bicyclic) bond motifs is 1. The highest BCUT2D eigenvalue weighted by atomic mass is 16.5. The number of nitrogens with zero attached hydrogens (tertiary/aromatic N) is 4. The zero-order valence-electron chi connectivity index (χ0n) is 13.6. The van der Waals surface area contributed by atoms with E-state index in [0.717, 1.165) is 12.8 Å². The molecule has 1 saturated heterocycles. The van der Waals surface area contributed by atoms with Gasteiger partial charge in [-0.2, -0.15) is 9.97 Å². The van der Waals surface area contributed by atoms with Crippen LogP contribution in [0.25, 0.3) is 11.2 Å². The molecule has 2 aromatic heterocycles. The SMILES string of the molecule is COc1ccc(O)c(Nc2nc(N)nc3c2ncn3C2CCCO2)c1. The summed E-state index contributed by atoms with van der Waals surface area (Å²) in [7, 11) is 1.56. The Morgan fingerprint density at radius 1 is 1.40 bits per heavy atom. The number of hydrogen-bond donors (Lipinski definition) is 3. The fourth-order valence-electron chi connectivity index (χ4n) is 2.88. The van der Waals surface area contributed by atoms with Crippen molar-refractivity contribution in [2.24, 2.45) is 0 Å². The fourth-order valence-corrected chi connectivity index (χ4v) is 2.88.